The second-order valence-electron chi connectivity index (χ2n) is 11.4. The Labute approximate surface area is 235 Å². The van der Waals surface area contributed by atoms with Crippen molar-refractivity contribution in [1.29, 1.82) is 0 Å². The second-order valence-corrected chi connectivity index (χ2v) is 12.7. The van der Waals surface area contributed by atoms with Crippen LogP contribution in [0.25, 0.3) is 0 Å². The van der Waals surface area contributed by atoms with Crippen molar-refractivity contribution in [2.24, 2.45) is 23.7 Å². The van der Waals surface area contributed by atoms with E-state index in [9.17, 15) is 24.3 Å². The third-order valence-corrected chi connectivity index (χ3v) is 10.5. The van der Waals surface area contributed by atoms with Gasteiger partial charge in [-0.15, -0.1) is 16.9 Å². The van der Waals surface area contributed by atoms with E-state index in [-0.39, 0.29) is 71.0 Å². The quantitative estimate of drug-likeness (QED) is 0.254. The van der Waals surface area contributed by atoms with Crippen molar-refractivity contribution < 1.29 is 29.0 Å². The number of carbonyl (C=O) groups excluding carboxylic acids is 3. The maximum atomic E-state index is 13.5. The number of rotatable bonds is 9. The summed E-state index contributed by atoms with van der Waals surface area (Å²) in [6.45, 7) is 6.38. The van der Waals surface area contributed by atoms with Gasteiger partial charge < -0.3 is 30.7 Å². The zero-order valence-corrected chi connectivity index (χ0v) is 23.2. The number of carboxylic acids is 1. The SMILES string of the molecule is C[C@@H](NC(=O)Cn1cnnn1)[C@H]1C(=O)N2C(C(=O)O)=C(S[C@@H]3CN[C@H](C(=O)C4CCO[C@@H]5CNC[C@@H]45)C3)[C@H](C)[C@H]12. The van der Waals surface area contributed by atoms with E-state index in [0.29, 0.717) is 24.5 Å². The highest BCUT2D eigenvalue weighted by molar-refractivity contribution is 8.03. The fourth-order valence-corrected chi connectivity index (χ4v) is 8.58. The number of aliphatic carboxylic acids is 1. The third kappa shape index (κ3) is 4.72. The molecule has 15 heteroatoms. The van der Waals surface area contributed by atoms with Crippen molar-refractivity contribution >= 4 is 35.3 Å². The van der Waals surface area contributed by atoms with E-state index in [1.165, 1.54) is 27.7 Å². The minimum absolute atomic E-state index is 0.0127. The molecule has 4 saturated heterocycles. The van der Waals surface area contributed by atoms with Gasteiger partial charge in [0, 0.05) is 60.2 Å². The number of nitrogens with one attached hydrogen (secondary N) is 3. The van der Waals surface area contributed by atoms with Crippen LogP contribution >= 0.6 is 11.8 Å². The van der Waals surface area contributed by atoms with Crippen LogP contribution in [-0.2, 0) is 30.5 Å². The lowest BCUT2D eigenvalue weighted by atomic mass is 9.78. The van der Waals surface area contributed by atoms with Gasteiger partial charge >= 0.3 is 5.97 Å². The van der Waals surface area contributed by atoms with Crippen molar-refractivity contribution in [3.8, 4) is 0 Å². The molecule has 6 heterocycles. The molecule has 5 aliphatic rings. The number of carboxylic acid groups (broad SMARTS) is 1. The zero-order chi connectivity index (χ0) is 28.1. The first kappa shape index (κ1) is 27.3. The molecule has 0 saturated carbocycles. The average molecular weight is 575 g/mol. The predicted octanol–water partition coefficient (Wildman–Crippen LogP) is -1.39. The number of nitrogens with zero attached hydrogens (tertiary/aromatic N) is 5. The van der Waals surface area contributed by atoms with Gasteiger partial charge in [-0.3, -0.25) is 14.4 Å². The Bertz CT molecular complexity index is 1230. The number of fused-ring (bicyclic) bond motifs is 2. The second kappa shape index (κ2) is 10.8. The number of hydrogen-bond acceptors (Lipinski definition) is 11. The number of Topliss-reactive ketones (excluding diaryl/α,β-unsaturated/α-hetero) is 1. The van der Waals surface area contributed by atoms with Crippen molar-refractivity contribution in [2.45, 2.75) is 62.7 Å². The molecule has 1 aromatic heterocycles. The van der Waals surface area contributed by atoms with Crippen LogP contribution in [0.3, 0.4) is 0 Å². The summed E-state index contributed by atoms with van der Waals surface area (Å²) < 4.78 is 7.12. The number of thioether (sulfide) groups is 1. The smallest absolute Gasteiger partial charge is 0.353 e. The molecule has 14 nitrogen and oxygen atoms in total. The fraction of sp³-hybridized carbons (Fsp3) is 0.720. The number of tetrazole rings is 1. The highest BCUT2D eigenvalue weighted by atomic mass is 32.2. The van der Waals surface area contributed by atoms with Gasteiger partial charge in [0.05, 0.1) is 24.1 Å². The van der Waals surface area contributed by atoms with Gasteiger partial charge in [-0.25, -0.2) is 9.48 Å². The molecule has 1 aromatic rings. The van der Waals surface area contributed by atoms with E-state index < -0.39 is 17.9 Å². The number of carbonyl (C=O) groups is 4. The zero-order valence-electron chi connectivity index (χ0n) is 22.4. The molecular formula is C25H34N8O6S. The maximum absolute atomic E-state index is 13.5. The molecule has 0 aliphatic carbocycles. The summed E-state index contributed by atoms with van der Waals surface area (Å²) >= 11 is 1.47. The molecule has 40 heavy (non-hydrogen) atoms. The number of hydrogen-bond donors (Lipinski definition) is 4. The molecule has 0 radical (unpaired) electrons. The number of β-lactam (4-membered cyclic amide) rings is 1. The van der Waals surface area contributed by atoms with Gasteiger partial charge in [-0.2, -0.15) is 0 Å². The Morgan fingerprint density at radius 1 is 1.30 bits per heavy atom. The molecule has 0 spiro atoms. The van der Waals surface area contributed by atoms with Crippen LogP contribution in [0.4, 0.5) is 0 Å². The third-order valence-electron chi connectivity index (χ3n) is 8.99. The summed E-state index contributed by atoms with van der Waals surface area (Å²) in [5.74, 6) is -2.15. The number of ether oxygens (including phenoxy) is 1. The fourth-order valence-electron chi connectivity index (χ4n) is 7.11. The molecule has 6 rings (SSSR count). The maximum Gasteiger partial charge on any atom is 0.353 e. The molecular weight excluding hydrogens is 540 g/mol. The van der Waals surface area contributed by atoms with Crippen LogP contribution in [0, 0.1) is 23.7 Å². The monoisotopic (exact) mass is 574 g/mol. The Kier molecular flexibility index (Phi) is 7.39. The summed E-state index contributed by atoms with van der Waals surface area (Å²) in [4.78, 5) is 53.5. The number of ketones is 1. The minimum atomic E-state index is -1.14. The Morgan fingerprint density at radius 2 is 2.12 bits per heavy atom. The summed E-state index contributed by atoms with van der Waals surface area (Å²) in [6, 6.07) is -1.12. The van der Waals surface area contributed by atoms with Gasteiger partial charge in [-0.05, 0) is 30.2 Å². The van der Waals surface area contributed by atoms with E-state index in [4.69, 9.17) is 4.74 Å². The Hall–Kier alpha value is -2.88. The van der Waals surface area contributed by atoms with Crippen LogP contribution in [-0.4, -0.2) is 110 Å². The van der Waals surface area contributed by atoms with E-state index in [1.54, 1.807) is 6.92 Å². The average Bonchev–Trinajstić information content (AvgIpc) is 3.71. The van der Waals surface area contributed by atoms with Crippen molar-refractivity contribution in [3.05, 3.63) is 16.9 Å². The van der Waals surface area contributed by atoms with Crippen molar-refractivity contribution in [1.82, 2.24) is 41.1 Å². The van der Waals surface area contributed by atoms with E-state index >= 15 is 0 Å². The first-order chi connectivity index (χ1) is 19.2. The number of amides is 2. The lowest BCUT2D eigenvalue weighted by Gasteiger charge is -2.47. The summed E-state index contributed by atoms with van der Waals surface area (Å²) in [7, 11) is 0. The first-order valence-electron chi connectivity index (χ1n) is 13.8. The highest BCUT2D eigenvalue weighted by Gasteiger charge is 2.60. The van der Waals surface area contributed by atoms with Crippen LogP contribution in [0.5, 0.6) is 0 Å². The van der Waals surface area contributed by atoms with Crippen molar-refractivity contribution in [3.63, 3.8) is 0 Å². The molecule has 0 bridgehead atoms. The molecule has 4 fully saturated rings. The summed E-state index contributed by atoms with van der Waals surface area (Å²) in [5, 5.41) is 30.4. The van der Waals surface area contributed by atoms with Gasteiger partial charge in [0.1, 0.15) is 18.6 Å². The lowest BCUT2D eigenvalue weighted by molar-refractivity contribution is -0.158. The molecule has 4 N–H and O–H groups in total. The number of aromatic nitrogens is 4. The van der Waals surface area contributed by atoms with E-state index in [2.05, 4.69) is 31.5 Å². The molecule has 0 aromatic carbocycles. The summed E-state index contributed by atoms with van der Waals surface area (Å²) in [5.41, 5.74) is 0.0232. The molecule has 5 aliphatic heterocycles. The molecule has 2 amide bonds. The Balaban J connectivity index is 1.10. The standard InChI is InChI=1S/C25H34N8O6S/c1-11-20-19(12(2)29-18(34)9-32-10-28-30-31-32)24(36)33(20)21(25(37)38)23(11)40-13-5-16(27-6-13)22(35)14-3-4-39-17-8-26-7-15(14)17/h10-17,19-20,26-27H,3-9H2,1-2H3,(H,29,34)(H,37,38)/t11-,12-,13+,14?,15+,16+,17-,19-,20-/m1/s1. The van der Waals surface area contributed by atoms with E-state index in [0.717, 1.165) is 19.5 Å². The highest BCUT2D eigenvalue weighted by Crippen LogP contribution is 2.52. The first-order valence-corrected chi connectivity index (χ1v) is 14.7. The normalized spacial score (nSPS) is 35.8. The van der Waals surface area contributed by atoms with Gasteiger partial charge in [0.15, 0.2) is 5.78 Å². The topological polar surface area (TPSA) is 181 Å². The largest absolute Gasteiger partial charge is 0.477 e. The van der Waals surface area contributed by atoms with Crippen molar-refractivity contribution in [2.75, 3.05) is 26.2 Å². The molecule has 216 valence electrons. The van der Waals surface area contributed by atoms with Gasteiger partial charge in [-0.1, -0.05) is 6.92 Å². The van der Waals surface area contributed by atoms with E-state index in [1.807, 2.05) is 6.92 Å². The van der Waals surface area contributed by atoms with Crippen LogP contribution in [0.15, 0.2) is 16.9 Å². The lowest BCUT2D eigenvalue weighted by Crippen LogP contribution is -2.66. The van der Waals surface area contributed by atoms with Gasteiger partial charge in [0.25, 0.3) is 0 Å². The molecule has 1 unspecified atom stereocenters. The van der Waals surface area contributed by atoms with Crippen LogP contribution in [0.1, 0.15) is 26.7 Å². The minimum Gasteiger partial charge on any atom is -0.477 e. The predicted molar refractivity (Wildman–Crippen MR) is 140 cm³/mol. The van der Waals surface area contributed by atoms with Gasteiger partial charge in [0.2, 0.25) is 11.8 Å². The Morgan fingerprint density at radius 3 is 2.88 bits per heavy atom. The summed E-state index contributed by atoms with van der Waals surface area (Å²) in [6.07, 6.45) is 2.76. The molecule has 9 atom stereocenters. The van der Waals surface area contributed by atoms with Crippen LogP contribution < -0.4 is 16.0 Å². The van der Waals surface area contributed by atoms with Crippen LogP contribution in [0.2, 0.25) is 0 Å².